The molecule has 0 spiro atoms. The molecule has 1 aromatic rings. The van der Waals surface area contributed by atoms with Gasteiger partial charge in [0.15, 0.2) is 0 Å². The van der Waals surface area contributed by atoms with Crippen molar-refractivity contribution in [2.75, 3.05) is 0 Å². The van der Waals surface area contributed by atoms with E-state index in [2.05, 4.69) is 4.98 Å². The summed E-state index contributed by atoms with van der Waals surface area (Å²) in [5, 5.41) is -0.203. The van der Waals surface area contributed by atoms with Gasteiger partial charge in [-0.05, 0) is 12.1 Å². The molecule has 0 aliphatic carbocycles. The van der Waals surface area contributed by atoms with Crippen molar-refractivity contribution in [3.63, 3.8) is 0 Å². The van der Waals surface area contributed by atoms with Crippen molar-refractivity contribution in [2.24, 2.45) is 5.73 Å². The Balaban J connectivity index is 3.27. The van der Waals surface area contributed by atoms with Crippen LogP contribution in [0.4, 0.5) is 13.2 Å². The third-order valence-corrected chi connectivity index (χ3v) is 1.67. The number of amides is 1. The van der Waals surface area contributed by atoms with Crippen LogP contribution in [0.5, 0.6) is 0 Å². The lowest BCUT2D eigenvalue weighted by Crippen LogP contribution is -2.17. The second-order valence-electron chi connectivity index (χ2n) is 2.39. The Kier molecular flexibility index (Phi) is 2.66. The number of aromatic nitrogens is 1. The Bertz CT molecular complexity index is 378. The molecule has 1 amide bonds. The summed E-state index contributed by atoms with van der Waals surface area (Å²) < 4.78 is 36.3. The zero-order valence-electron chi connectivity index (χ0n) is 6.60. The third kappa shape index (κ3) is 2.14. The molecule has 0 aliphatic rings. The molecule has 1 rings (SSSR count). The van der Waals surface area contributed by atoms with Crippen LogP contribution in [0.1, 0.15) is 16.2 Å². The zero-order chi connectivity index (χ0) is 10.9. The van der Waals surface area contributed by atoms with Gasteiger partial charge in [0.05, 0.1) is 5.02 Å². The highest BCUT2D eigenvalue weighted by molar-refractivity contribution is 6.33. The first-order chi connectivity index (χ1) is 6.32. The Morgan fingerprint density at radius 3 is 2.43 bits per heavy atom. The molecule has 0 saturated heterocycles. The smallest absolute Gasteiger partial charge is 0.364 e. The maximum absolute atomic E-state index is 12.1. The Hall–Kier alpha value is -1.30. The number of hydrogen-bond acceptors (Lipinski definition) is 2. The summed E-state index contributed by atoms with van der Waals surface area (Å²) in [7, 11) is 0. The highest BCUT2D eigenvalue weighted by atomic mass is 35.5. The normalized spacial score (nSPS) is 11.4. The van der Waals surface area contributed by atoms with Crippen LogP contribution in [0.3, 0.4) is 0 Å². The predicted molar refractivity (Wildman–Crippen MR) is 42.8 cm³/mol. The van der Waals surface area contributed by atoms with Crippen LogP contribution in [-0.4, -0.2) is 10.9 Å². The molecule has 0 radical (unpaired) electrons. The predicted octanol–water partition coefficient (Wildman–Crippen LogP) is 1.85. The monoisotopic (exact) mass is 224 g/mol. The lowest BCUT2D eigenvalue weighted by atomic mass is 10.3. The van der Waals surface area contributed by atoms with E-state index in [1.54, 1.807) is 0 Å². The number of alkyl halides is 3. The summed E-state index contributed by atoms with van der Waals surface area (Å²) in [5.41, 5.74) is 2.99. The average Bonchev–Trinajstić information content (AvgIpc) is 2.02. The van der Waals surface area contributed by atoms with Crippen molar-refractivity contribution in [1.29, 1.82) is 0 Å². The van der Waals surface area contributed by atoms with Gasteiger partial charge in [-0.1, -0.05) is 11.6 Å². The van der Waals surface area contributed by atoms with Crippen molar-refractivity contribution in [3.8, 4) is 0 Å². The molecule has 1 heterocycles. The standard InChI is InChI=1S/C7H4ClF3N2O/c8-3-1-2-4(7(9,10)11)13-5(3)6(12)14/h1-2H,(H2,12,14). The van der Waals surface area contributed by atoms with Gasteiger partial charge in [-0.25, -0.2) is 4.98 Å². The Morgan fingerprint density at radius 2 is 2.00 bits per heavy atom. The summed E-state index contributed by atoms with van der Waals surface area (Å²) in [6, 6.07) is 1.60. The summed E-state index contributed by atoms with van der Waals surface area (Å²) >= 11 is 5.41. The van der Waals surface area contributed by atoms with E-state index in [0.717, 1.165) is 6.07 Å². The number of nitrogens with two attached hydrogens (primary N) is 1. The van der Waals surface area contributed by atoms with Gasteiger partial charge >= 0.3 is 6.18 Å². The highest BCUT2D eigenvalue weighted by Crippen LogP contribution is 2.29. The van der Waals surface area contributed by atoms with Gasteiger partial charge in [-0.3, -0.25) is 4.79 Å². The second-order valence-corrected chi connectivity index (χ2v) is 2.80. The molecule has 14 heavy (non-hydrogen) atoms. The highest BCUT2D eigenvalue weighted by Gasteiger charge is 2.33. The van der Waals surface area contributed by atoms with Crippen molar-refractivity contribution < 1.29 is 18.0 Å². The van der Waals surface area contributed by atoms with Crippen molar-refractivity contribution in [3.05, 3.63) is 28.5 Å². The van der Waals surface area contributed by atoms with Crippen molar-refractivity contribution >= 4 is 17.5 Å². The third-order valence-electron chi connectivity index (χ3n) is 1.37. The van der Waals surface area contributed by atoms with Gasteiger partial charge in [0, 0.05) is 0 Å². The number of primary amides is 1. The molecule has 76 valence electrons. The van der Waals surface area contributed by atoms with E-state index in [1.807, 2.05) is 0 Å². The van der Waals surface area contributed by atoms with Gasteiger partial charge in [-0.2, -0.15) is 13.2 Å². The molecular formula is C7H4ClF3N2O. The summed E-state index contributed by atoms with van der Waals surface area (Å²) in [5.74, 6) is -1.10. The number of carbonyl (C=O) groups excluding carboxylic acids is 1. The number of nitrogens with zero attached hydrogens (tertiary/aromatic N) is 1. The van der Waals surface area contributed by atoms with E-state index in [4.69, 9.17) is 17.3 Å². The van der Waals surface area contributed by atoms with Crippen LogP contribution in [0.15, 0.2) is 12.1 Å². The van der Waals surface area contributed by atoms with E-state index in [1.165, 1.54) is 0 Å². The first kappa shape index (κ1) is 10.8. The summed E-state index contributed by atoms with van der Waals surface area (Å²) in [6.07, 6.45) is -4.62. The van der Waals surface area contributed by atoms with Crippen LogP contribution in [0.2, 0.25) is 5.02 Å². The quantitative estimate of drug-likeness (QED) is 0.792. The van der Waals surface area contributed by atoms with Gasteiger partial charge in [0.1, 0.15) is 11.4 Å². The first-order valence-corrected chi connectivity index (χ1v) is 3.73. The molecule has 0 unspecified atom stereocenters. The topological polar surface area (TPSA) is 56.0 Å². The SMILES string of the molecule is NC(=O)c1nc(C(F)(F)F)ccc1Cl. The lowest BCUT2D eigenvalue weighted by Gasteiger charge is -2.06. The van der Waals surface area contributed by atoms with Gasteiger partial charge < -0.3 is 5.73 Å². The Labute approximate surface area is 81.7 Å². The lowest BCUT2D eigenvalue weighted by molar-refractivity contribution is -0.141. The molecule has 0 fully saturated rings. The molecule has 0 bridgehead atoms. The molecule has 0 aromatic carbocycles. The number of hydrogen-bond donors (Lipinski definition) is 1. The first-order valence-electron chi connectivity index (χ1n) is 3.36. The van der Waals surface area contributed by atoms with Crippen LogP contribution >= 0.6 is 11.6 Å². The molecule has 7 heteroatoms. The molecule has 3 nitrogen and oxygen atoms in total. The fourth-order valence-electron chi connectivity index (χ4n) is 0.773. The molecular weight excluding hydrogens is 221 g/mol. The Morgan fingerprint density at radius 1 is 1.43 bits per heavy atom. The molecule has 0 saturated carbocycles. The number of pyridine rings is 1. The largest absolute Gasteiger partial charge is 0.433 e. The fraction of sp³-hybridized carbons (Fsp3) is 0.143. The van der Waals surface area contributed by atoms with E-state index in [9.17, 15) is 18.0 Å². The van der Waals surface area contributed by atoms with E-state index >= 15 is 0 Å². The minimum Gasteiger partial charge on any atom is -0.364 e. The number of halogens is 4. The van der Waals surface area contributed by atoms with E-state index in [0.29, 0.717) is 6.07 Å². The molecule has 0 aliphatic heterocycles. The number of rotatable bonds is 1. The number of carbonyl (C=O) groups is 1. The van der Waals surface area contributed by atoms with E-state index < -0.39 is 23.5 Å². The maximum Gasteiger partial charge on any atom is 0.433 e. The summed E-state index contributed by atoms with van der Waals surface area (Å²) in [4.78, 5) is 13.6. The van der Waals surface area contributed by atoms with Crippen LogP contribution < -0.4 is 5.73 Å². The van der Waals surface area contributed by atoms with Gasteiger partial charge in [-0.15, -0.1) is 0 Å². The minimum atomic E-state index is -4.62. The maximum atomic E-state index is 12.1. The summed E-state index contributed by atoms with van der Waals surface area (Å²) in [6.45, 7) is 0. The van der Waals surface area contributed by atoms with Crippen LogP contribution in [-0.2, 0) is 6.18 Å². The van der Waals surface area contributed by atoms with Gasteiger partial charge in [0.25, 0.3) is 5.91 Å². The van der Waals surface area contributed by atoms with Crippen molar-refractivity contribution in [1.82, 2.24) is 4.98 Å². The average molecular weight is 225 g/mol. The van der Waals surface area contributed by atoms with Crippen LogP contribution in [0.25, 0.3) is 0 Å². The molecule has 0 atom stereocenters. The fourth-order valence-corrected chi connectivity index (χ4v) is 0.971. The molecule has 2 N–H and O–H groups in total. The van der Waals surface area contributed by atoms with Gasteiger partial charge in [0.2, 0.25) is 0 Å². The molecule has 1 aromatic heterocycles. The van der Waals surface area contributed by atoms with E-state index in [-0.39, 0.29) is 5.02 Å². The second kappa shape index (κ2) is 3.45. The van der Waals surface area contributed by atoms with Crippen molar-refractivity contribution in [2.45, 2.75) is 6.18 Å². The minimum absolute atomic E-state index is 0.203. The van der Waals surface area contributed by atoms with Crippen LogP contribution in [0, 0.1) is 0 Å². The zero-order valence-corrected chi connectivity index (χ0v) is 7.36.